The summed E-state index contributed by atoms with van der Waals surface area (Å²) in [5.74, 6) is -0.191. The predicted molar refractivity (Wildman–Crippen MR) is 133 cm³/mol. The zero-order valence-electron chi connectivity index (χ0n) is 20.0. The molecule has 2 aromatic heterocycles. The first-order valence-electron chi connectivity index (χ1n) is 12.0. The molecule has 1 N–H and O–H groups in total. The molecule has 1 unspecified atom stereocenters. The van der Waals surface area contributed by atoms with Gasteiger partial charge in [-0.2, -0.15) is 0 Å². The van der Waals surface area contributed by atoms with E-state index in [9.17, 15) is 13.6 Å². The number of halogens is 2. The maximum Gasteiger partial charge on any atom is 0.307 e. The second-order valence-electron chi connectivity index (χ2n) is 8.88. The van der Waals surface area contributed by atoms with Crippen molar-refractivity contribution in [2.24, 2.45) is 0 Å². The van der Waals surface area contributed by atoms with E-state index >= 15 is 0 Å². The lowest BCUT2D eigenvalue weighted by Gasteiger charge is -2.20. The van der Waals surface area contributed by atoms with Gasteiger partial charge in [0.1, 0.15) is 23.2 Å². The Morgan fingerprint density at radius 1 is 1.11 bits per heavy atom. The third-order valence-electron chi connectivity index (χ3n) is 6.46. The quantitative estimate of drug-likeness (QED) is 0.332. The number of carbonyl (C=O) groups is 1. The van der Waals surface area contributed by atoms with Crippen molar-refractivity contribution in [2.45, 2.75) is 31.7 Å². The van der Waals surface area contributed by atoms with Gasteiger partial charge in [0.15, 0.2) is 0 Å². The fourth-order valence-electron chi connectivity index (χ4n) is 4.67. The van der Waals surface area contributed by atoms with Crippen LogP contribution in [0.2, 0.25) is 0 Å². The predicted octanol–water partition coefficient (Wildman–Crippen LogP) is 5.45. The molecule has 0 aliphatic carbocycles. The topological polar surface area (TPSA) is 65.4 Å². The number of fused-ring (bicyclic) bond motifs is 2. The third-order valence-corrected chi connectivity index (χ3v) is 6.46. The third kappa shape index (κ3) is 5.17. The summed E-state index contributed by atoms with van der Waals surface area (Å²) >= 11 is 0. The van der Waals surface area contributed by atoms with Crippen LogP contribution < -0.4 is 10.1 Å². The highest BCUT2D eigenvalue weighted by Crippen LogP contribution is 2.31. The summed E-state index contributed by atoms with van der Waals surface area (Å²) in [4.78, 5) is 16.8. The largest absolute Gasteiger partial charge is 0.493 e. The van der Waals surface area contributed by atoms with Gasteiger partial charge in [-0.3, -0.25) is 4.79 Å². The minimum atomic E-state index is -0.698. The average molecular weight is 492 g/mol. The Balaban J connectivity index is 1.33. The lowest BCUT2D eigenvalue weighted by molar-refractivity contribution is -0.141. The molecule has 36 heavy (non-hydrogen) atoms. The number of nitrogens with zero attached hydrogens (tertiary/aromatic N) is 2. The second-order valence-corrected chi connectivity index (χ2v) is 8.88. The molecular weight excluding hydrogens is 464 g/mol. The molecular formula is C28H27F2N3O3. The second kappa shape index (κ2) is 10.4. The fraction of sp³-hybridized carbons (Fsp3) is 0.286. The lowest BCUT2D eigenvalue weighted by atomic mass is 10.0. The van der Waals surface area contributed by atoms with Gasteiger partial charge in [0.05, 0.1) is 26.2 Å². The summed E-state index contributed by atoms with van der Waals surface area (Å²) in [6.45, 7) is 1.43. The molecule has 0 radical (unpaired) electrons. The van der Waals surface area contributed by atoms with Crippen LogP contribution in [0.5, 0.6) is 5.75 Å². The number of ether oxygens (including phenoxy) is 2. The van der Waals surface area contributed by atoms with Gasteiger partial charge in [0.25, 0.3) is 0 Å². The fourth-order valence-corrected chi connectivity index (χ4v) is 4.67. The van der Waals surface area contributed by atoms with Crippen LogP contribution >= 0.6 is 0 Å². The van der Waals surface area contributed by atoms with Gasteiger partial charge in [-0.05, 0) is 66.4 Å². The number of carbonyl (C=O) groups excluding carboxylic acids is 1. The zero-order chi connectivity index (χ0) is 25.1. The van der Waals surface area contributed by atoms with Crippen LogP contribution in [-0.2, 0) is 22.4 Å². The molecule has 1 aliphatic rings. The van der Waals surface area contributed by atoms with E-state index in [1.807, 2.05) is 28.8 Å². The van der Waals surface area contributed by atoms with Crippen molar-refractivity contribution in [3.63, 3.8) is 0 Å². The lowest BCUT2D eigenvalue weighted by Crippen LogP contribution is -2.16. The number of hydrogen-bond donors (Lipinski definition) is 1. The number of nitrogens with one attached hydrogen (secondary N) is 1. The van der Waals surface area contributed by atoms with E-state index in [-0.39, 0.29) is 6.42 Å². The number of hydrogen-bond acceptors (Lipinski definition) is 5. The molecule has 4 aromatic rings. The molecule has 0 bridgehead atoms. The van der Waals surface area contributed by atoms with Crippen LogP contribution in [0.15, 0.2) is 60.8 Å². The van der Waals surface area contributed by atoms with Crippen molar-refractivity contribution >= 4 is 22.7 Å². The first-order valence-corrected chi connectivity index (χ1v) is 12.0. The Hall–Kier alpha value is -3.94. The number of aromatic nitrogens is 2. The molecule has 1 atom stereocenters. The molecule has 8 heteroatoms. The van der Waals surface area contributed by atoms with E-state index in [1.54, 1.807) is 6.20 Å². The Bertz CT molecular complexity index is 1380. The van der Waals surface area contributed by atoms with Gasteiger partial charge in [-0.15, -0.1) is 0 Å². The first kappa shape index (κ1) is 23.8. The van der Waals surface area contributed by atoms with Gasteiger partial charge in [-0.25, -0.2) is 13.8 Å². The van der Waals surface area contributed by atoms with Crippen molar-refractivity contribution in [2.75, 3.05) is 25.6 Å². The highest BCUT2D eigenvalue weighted by Gasteiger charge is 2.21. The van der Waals surface area contributed by atoms with E-state index in [2.05, 4.69) is 17.4 Å². The Morgan fingerprint density at radius 2 is 1.94 bits per heavy atom. The molecule has 0 saturated carbocycles. The minimum Gasteiger partial charge on any atom is -0.493 e. The normalized spacial score (nSPS) is 13.6. The number of anilines is 1. The summed E-state index contributed by atoms with van der Waals surface area (Å²) in [5, 5.41) is 4.24. The average Bonchev–Trinajstić information content (AvgIpc) is 3.29. The van der Waals surface area contributed by atoms with Crippen molar-refractivity contribution in [3.05, 3.63) is 89.2 Å². The Labute approximate surface area is 207 Å². The SMILES string of the molecule is COC(=O)CC(c1cc(F)cc(F)c1)n1ccc2cc(OCCc3ccc4c(n3)NCCC4)ccc21. The van der Waals surface area contributed by atoms with Crippen molar-refractivity contribution in [1.29, 1.82) is 0 Å². The van der Waals surface area contributed by atoms with Crippen LogP contribution in [0.3, 0.4) is 0 Å². The van der Waals surface area contributed by atoms with Gasteiger partial charge in [-0.1, -0.05) is 6.07 Å². The van der Waals surface area contributed by atoms with Crippen LogP contribution in [0.4, 0.5) is 14.6 Å². The van der Waals surface area contributed by atoms with Gasteiger partial charge in [0, 0.05) is 41.8 Å². The number of pyridine rings is 1. The number of benzene rings is 2. The summed E-state index contributed by atoms with van der Waals surface area (Å²) < 4.78 is 40.5. The van der Waals surface area contributed by atoms with Gasteiger partial charge in [0.2, 0.25) is 0 Å². The van der Waals surface area contributed by atoms with E-state index in [0.717, 1.165) is 47.9 Å². The van der Waals surface area contributed by atoms with E-state index in [4.69, 9.17) is 14.5 Å². The van der Waals surface area contributed by atoms with Crippen LogP contribution in [0.25, 0.3) is 10.9 Å². The number of methoxy groups -OCH3 is 1. The maximum absolute atomic E-state index is 14.0. The van der Waals surface area contributed by atoms with Gasteiger partial charge >= 0.3 is 5.97 Å². The highest BCUT2D eigenvalue weighted by molar-refractivity contribution is 5.82. The standard InChI is InChI=1S/C28H27F2N3O3/c1-35-27(34)17-26(20-13-21(29)16-22(30)14-20)33-11-8-19-15-24(6-7-25(19)33)36-12-9-23-5-4-18-3-2-10-31-28(18)32-23/h4-8,11,13-16,26H,2-3,9-10,12,17H2,1H3,(H,31,32). The molecule has 3 heterocycles. The summed E-state index contributed by atoms with van der Waals surface area (Å²) in [7, 11) is 1.29. The molecule has 186 valence electrons. The zero-order valence-corrected chi connectivity index (χ0v) is 20.0. The van der Waals surface area contributed by atoms with E-state index < -0.39 is 23.6 Å². The molecule has 0 amide bonds. The van der Waals surface area contributed by atoms with Crippen molar-refractivity contribution in [3.8, 4) is 5.75 Å². The molecule has 0 fully saturated rings. The number of aryl methyl sites for hydroxylation is 1. The summed E-state index contributed by atoms with van der Waals surface area (Å²) in [6.07, 6.45) is 4.60. The van der Waals surface area contributed by atoms with Crippen LogP contribution in [0.1, 0.15) is 35.7 Å². The Kier molecular flexibility index (Phi) is 6.84. The molecule has 1 aliphatic heterocycles. The Morgan fingerprint density at radius 3 is 2.75 bits per heavy atom. The van der Waals surface area contributed by atoms with Crippen LogP contribution in [-0.4, -0.2) is 35.8 Å². The van der Waals surface area contributed by atoms with Crippen molar-refractivity contribution in [1.82, 2.24) is 9.55 Å². The molecule has 0 saturated heterocycles. The maximum atomic E-state index is 14.0. The molecule has 6 nitrogen and oxygen atoms in total. The van der Waals surface area contributed by atoms with E-state index in [1.165, 1.54) is 24.8 Å². The monoisotopic (exact) mass is 491 g/mol. The van der Waals surface area contributed by atoms with Crippen LogP contribution in [0, 0.1) is 11.6 Å². The number of esters is 1. The number of rotatable bonds is 8. The molecule has 5 rings (SSSR count). The molecule has 0 spiro atoms. The highest BCUT2D eigenvalue weighted by atomic mass is 19.1. The molecule has 2 aromatic carbocycles. The first-order chi connectivity index (χ1) is 17.5. The van der Waals surface area contributed by atoms with E-state index in [0.29, 0.717) is 24.3 Å². The minimum absolute atomic E-state index is 0.0654. The summed E-state index contributed by atoms with van der Waals surface area (Å²) in [6, 6.07) is 14.4. The van der Waals surface area contributed by atoms with Crippen molar-refractivity contribution < 1.29 is 23.0 Å². The smallest absolute Gasteiger partial charge is 0.307 e. The summed E-state index contributed by atoms with van der Waals surface area (Å²) in [5.41, 5.74) is 3.39. The van der Waals surface area contributed by atoms with Gasteiger partial charge < -0.3 is 19.4 Å².